The zero-order valence-electron chi connectivity index (χ0n) is 15.5. The van der Waals surface area contributed by atoms with E-state index in [1.54, 1.807) is 0 Å². The molecule has 3 rings (SSSR count). The number of nitrogens with zero attached hydrogens (tertiary/aromatic N) is 4. The summed E-state index contributed by atoms with van der Waals surface area (Å²) in [5, 5.41) is 0. The van der Waals surface area contributed by atoms with Crippen LogP contribution in [0.3, 0.4) is 0 Å². The summed E-state index contributed by atoms with van der Waals surface area (Å²) >= 11 is 0. The standard InChI is InChI=1S/C19H30N4O/c1-13(2)18-20-14(3)12-17(21-18)23-10-8-16(9-11-23)22(4)19(24)15-6-5-7-15/h12-13,15-16H,5-11H2,1-4H3. The van der Waals surface area contributed by atoms with Crippen LogP contribution >= 0.6 is 0 Å². The summed E-state index contributed by atoms with van der Waals surface area (Å²) in [6.45, 7) is 8.22. The third-order valence-corrected chi connectivity index (χ3v) is 5.51. The van der Waals surface area contributed by atoms with Crippen LogP contribution in [-0.4, -0.2) is 47.0 Å². The Kier molecular flexibility index (Phi) is 5.07. The Hall–Kier alpha value is -1.65. The number of hydrogen-bond donors (Lipinski definition) is 0. The van der Waals surface area contributed by atoms with Crippen LogP contribution in [0.5, 0.6) is 0 Å². The lowest BCUT2D eigenvalue weighted by atomic mass is 9.84. The van der Waals surface area contributed by atoms with E-state index in [1.165, 1.54) is 6.42 Å². The first-order chi connectivity index (χ1) is 11.5. The van der Waals surface area contributed by atoms with Crippen molar-refractivity contribution in [3.8, 4) is 0 Å². The first-order valence-electron chi connectivity index (χ1n) is 9.33. The molecule has 5 heteroatoms. The molecule has 1 amide bonds. The van der Waals surface area contributed by atoms with Crippen molar-refractivity contribution in [3.05, 3.63) is 17.6 Å². The average molecular weight is 330 g/mol. The van der Waals surface area contributed by atoms with Gasteiger partial charge in [0.25, 0.3) is 0 Å². The smallest absolute Gasteiger partial charge is 0.225 e. The van der Waals surface area contributed by atoms with Crippen LogP contribution in [0.2, 0.25) is 0 Å². The van der Waals surface area contributed by atoms with Crippen molar-refractivity contribution in [1.29, 1.82) is 0 Å². The first-order valence-corrected chi connectivity index (χ1v) is 9.33. The maximum absolute atomic E-state index is 12.4. The summed E-state index contributed by atoms with van der Waals surface area (Å²) in [5.41, 5.74) is 1.03. The molecule has 2 heterocycles. The van der Waals surface area contributed by atoms with Gasteiger partial charge in [0.2, 0.25) is 5.91 Å². The molecular formula is C19H30N4O. The van der Waals surface area contributed by atoms with E-state index < -0.39 is 0 Å². The molecule has 0 aromatic carbocycles. The Balaban J connectivity index is 1.61. The molecule has 5 nitrogen and oxygen atoms in total. The van der Waals surface area contributed by atoms with Gasteiger partial charge in [-0.05, 0) is 32.6 Å². The molecule has 1 aromatic heterocycles. The highest BCUT2D eigenvalue weighted by molar-refractivity contribution is 5.79. The lowest BCUT2D eigenvalue weighted by Gasteiger charge is -2.39. The van der Waals surface area contributed by atoms with Gasteiger partial charge in [0.1, 0.15) is 11.6 Å². The molecule has 2 aliphatic rings. The van der Waals surface area contributed by atoms with Gasteiger partial charge in [0.05, 0.1) is 0 Å². The van der Waals surface area contributed by atoms with E-state index in [1.807, 2.05) is 18.9 Å². The molecular weight excluding hydrogens is 300 g/mol. The zero-order valence-corrected chi connectivity index (χ0v) is 15.5. The monoisotopic (exact) mass is 330 g/mol. The second-order valence-corrected chi connectivity index (χ2v) is 7.68. The van der Waals surface area contributed by atoms with Crippen LogP contribution in [0.25, 0.3) is 0 Å². The van der Waals surface area contributed by atoms with Gasteiger partial charge in [0.15, 0.2) is 0 Å². The molecule has 0 unspecified atom stereocenters. The molecule has 132 valence electrons. The van der Waals surface area contributed by atoms with E-state index in [0.717, 1.165) is 56.1 Å². The number of amides is 1. The molecule has 1 aliphatic heterocycles. The number of anilines is 1. The fourth-order valence-electron chi connectivity index (χ4n) is 3.60. The minimum atomic E-state index is 0.297. The molecule has 1 saturated heterocycles. The van der Waals surface area contributed by atoms with Crippen molar-refractivity contribution in [1.82, 2.24) is 14.9 Å². The van der Waals surface area contributed by atoms with Gasteiger partial charge in [-0.3, -0.25) is 4.79 Å². The number of aromatic nitrogens is 2. The quantitative estimate of drug-likeness (QED) is 0.851. The Morgan fingerprint density at radius 1 is 1.21 bits per heavy atom. The molecule has 0 spiro atoms. The van der Waals surface area contributed by atoms with Crippen LogP contribution in [0.4, 0.5) is 5.82 Å². The molecule has 2 fully saturated rings. The number of carbonyl (C=O) groups is 1. The Labute approximate surface area is 145 Å². The van der Waals surface area contributed by atoms with E-state index in [0.29, 0.717) is 23.8 Å². The van der Waals surface area contributed by atoms with Gasteiger partial charge < -0.3 is 9.80 Å². The molecule has 1 aromatic rings. The Morgan fingerprint density at radius 3 is 2.42 bits per heavy atom. The lowest BCUT2D eigenvalue weighted by molar-refractivity contribution is -0.139. The van der Waals surface area contributed by atoms with Gasteiger partial charge in [-0.15, -0.1) is 0 Å². The summed E-state index contributed by atoms with van der Waals surface area (Å²) in [7, 11) is 1.99. The first kappa shape index (κ1) is 17.2. The number of hydrogen-bond acceptors (Lipinski definition) is 4. The van der Waals surface area contributed by atoms with Gasteiger partial charge in [-0.2, -0.15) is 0 Å². The summed E-state index contributed by atoms with van der Waals surface area (Å²) in [6, 6.07) is 2.46. The second kappa shape index (κ2) is 7.08. The molecule has 1 aliphatic carbocycles. The lowest BCUT2D eigenvalue weighted by Crippen LogP contribution is -2.48. The maximum Gasteiger partial charge on any atom is 0.225 e. The maximum atomic E-state index is 12.4. The highest BCUT2D eigenvalue weighted by atomic mass is 16.2. The van der Waals surface area contributed by atoms with Crippen molar-refractivity contribution in [2.75, 3.05) is 25.0 Å². The Morgan fingerprint density at radius 2 is 1.88 bits per heavy atom. The van der Waals surface area contributed by atoms with Crippen molar-refractivity contribution < 1.29 is 4.79 Å². The van der Waals surface area contributed by atoms with Crippen molar-refractivity contribution in [2.24, 2.45) is 5.92 Å². The van der Waals surface area contributed by atoms with Crippen LogP contribution in [0.1, 0.15) is 63.4 Å². The molecule has 1 saturated carbocycles. The van der Waals surface area contributed by atoms with Gasteiger partial charge in [-0.1, -0.05) is 20.3 Å². The average Bonchev–Trinajstić information content (AvgIpc) is 2.52. The summed E-state index contributed by atoms with van der Waals surface area (Å²) in [5.74, 6) is 2.96. The summed E-state index contributed by atoms with van der Waals surface area (Å²) in [4.78, 5) is 26.1. The third kappa shape index (κ3) is 3.55. The van der Waals surface area contributed by atoms with Crippen LogP contribution in [-0.2, 0) is 4.79 Å². The topological polar surface area (TPSA) is 49.3 Å². The van der Waals surface area contributed by atoms with E-state index in [4.69, 9.17) is 4.98 Å². The normalized spacial score (nSPS) is 19.5. The second-order valence-electron chi connectivity index (χ2n) is 7.68. The van der Waals surface area contributed by atoms with Crippen LogP contribution in [0, 0.1) is 12.8 Å². The number of aryl methyl sites for hydroxylation is 1. The fraction of sp³-hybridized carbons (Fsp3) is 0.737. The van der Waals surface area contributed by atoms with Crippen LogP contribution < -0.4 is 4.90 Å². The van der Waals surface area contributed by atoms with Crippen molar-refractivity contribution in [2.45, 2.75) is 64.8 Å². The predicted octanol–water partition coefficient (Wildman–Crippen LogP) is 3.14. The highest BCUT2D eigenvalue weighted by Gasteiger charge is 2.32. The van der Waals surface area contributed by atoms with E-state index in [2.05, 4.69) is 29.8 Å². The molecule has 0 N–H and O–H groups in total. The van der Waals surface area contributed by atoms with Crippen molar-refractivity contribution >= 4 is 11.7 Å². The number of carbonyl (C=O) groups excluding carboxylic acids is 1. The van der Waals surface area contributed by atoms with E-state index in [9.17, 15) is 4.79 Å². The molecule has 0 atom stereocenters. The minimum absolute atomic E-state index is 0.297. The number of piperidine rings is 1. The predicted molar refractivity (Wildman–Crippen MR) is 96.2 cm³/mol. The fourth-order valence-corrected chi connectivity index (χ4v) is 3.60. The largest absolute Gasteiger partial charge is 0.356 e. The van der Waals surface area contributed by atoms with E-state index in [-0.39, 0.29) is 0 Å². The number of rotatable bonds is 4. The van der Waals surface area contributed by atoms with Crippen molar-refractivity contribution in [3.63, 3.8) is 0 Å². The van der Waals surface area contributed by atoms with Crippen LogP contribution in [0.15, 0.2) is 6.07 Å². The third-order valence-electron chi connectivity index (χ3n) is 5.51. The van der Waals surface area contributed by atoms with Gasteiger partial charge in [0, 0.05) is 49.8 Å². The van der Waals surface area contributed by atoms with Gasteiger partial charge >= 0.3 is 0 Å². The molecule has 0 radical (unpaired) electrons. The van der Waals surface area contributed by atoms with E-state index >= 15 is 0 Å². The summed E-state index contributed by atoms with van der Waals surface area (Å²) < 4.78 is 0. The zero-order chi connectivity index (χ0) is 17.3. The molecule has 0 bridgehead atoms. The SMILES string of the molecule is Cc1cc(N2CCC(N(C)C(=O)C3CCC3)CC2)nc(C(C)C)n1. The summed E-state index contributed by atoms with van der Waals surface area (Å²) in [6.07, 6.45) is 5.43. The minimum Gasteiger partial charge on any atom is -0.356 e. The molecule has 24 heavy (non-hydrogen) atoms. The Bertz CT molecular complexity index is 589. The van der Waals surface area contributed by atoms with Gasteiger partial charge in [-0.25, -0.2) is 9.97 Å². The highest BCUT2D eigenvalue weighted by Crippen LogP contribution is 2.30.